The molecule has 0 bridgehead atoms. The molecule has 0 fully saturated rings. The highest BCUT2D eigenvalue weighted by atomic mass is 79.9. The van der Waals surface area contributed by atoms with Gasteiger partial charge in [-0.15, -0.1) is 0 Å². The topological polar surface area (TPSA) is 65.2 Å². The number of halogens is 1. The molecule has 2 rings (SSSR count). The molecule has 0 aliphatic rings. The van der Waals surface area contributed by atoms with Gasteiger partial charge in [-0.25, -0.2) is 9.78 Å². The van der Waals surface area contributed by atoms with Gasteiger partial charge in [0.2, 0.25) is 0 Å². The number of pyridine rings is 1. The van der Waals surface area contributed by atoms with E-state index in [1.54, 1.807) is 18.2 Å². The average Bonchev–Trinajstić information content (AvgIpc) is 2.32. The number of fused-ring (bicyclic) bond motifs is 1. The number of methoxy groups -OCH3 is 1. The lowest BCUT2D eigenvalue weighted by Gasteiger charge is -2.07. The number of aromatic nitrogens is 1. The van der Waals surface area contributed by atoms with Gasteiger partial charge in [-0.05, 0) is 18.2 Å². The molecule has 16 heavy (non-hydrogen) atoms. The molecule has 0 aliphatic heterocycles. The highest BCUT2D eigenvalue weighted by molar-refractivity contribution is 9.10. The number of carbonyl (C=O) groups excluding carboxylic acids is 1. The van der Waals surface area contributed by atoms with E-state index in [0.717, 1.165) is 9.86 Å². The second-order valence-electron chi connectivity index (χ2n) is 3.21. The van der Waals surface area contributed by atoms with Gasteiger partial charge in [-0.1, -0.05) is 15.9 Å². The molecule has 0 spiro atoms. The van der Waals surface area contributed by atoms with Crippen molar-refractivity contribution < 1.29 is 9.53 Å². The summed E-state index contributed by atoms with van der Waals surface area (Å²) in [4.78, 5) is 15.6. The summed E-state index contributed by atoms with van der Waals surface area (Å²) < 4.78 is 5.44. The third kappa shape index (κ3) is 1.63. The number of rotatable bonds is 1. The molecule has 2 aromatic rings. The lowest BCUT2D eigenvalue weighted by Crippen LogP contribution is -2.05. The van der Waals surface area contributed by atoms with Crippen molar-refractivity contribution in [1.29, 1.82) is 0 Å². The fraction of sp³-hybridized carbons (Fsp3) is 0.0909. The van der Waals surface area contributed by atoms with Crippen molar-refractivity contribution in [3.63, 3.8) is 0 Å². The molecular weight excluding hydrogens is 272 g/mol. The minimum absolute atomic E-state index is 0.263. The molecule has 82 valence electrons. The zero-order valence-electron chi connectivity index (χ0n) is 8.53. The second kappa shape index (κ2) is 4.09. The third-order valence-electron chi connectivity index (χ3n) is 2.29. The van der Waals surface area contributed by atoms with Crippen LogP contribution in [0.1, 0.15) is 10.5 Å². The number of esters is 1. The monoisotopic (exact) mass is 280 g/mol. The summed E-state index contributed by atoms with van der Waals surface area (Å²) in [6.45, 7) is 0. The van der Waals surface area contributed by atoms with Crippen LogP contribution in [0.25, 0.3) is 10.8 Å². The summed E-state index contributed by atoms with van der Waals surface area (Å²) in [7, 11) is 1.32. The van der Waals surface area contributed by atoms with Gasteiger partial charge in [0.05, 0.1) is 7.11 Å². The molecule has 5 heteroatoms. The second-order valence-corrected chi connectivity index (χ2v) is 4.06. The number of hydrogen-bond donors (Lipinski definition) is 1. The number of nitrogens with two attached hydrogens (primary N) is 1. The molecule has 0 amide bonds. The average molecular weight is 281 g/mol. The molecule has 1 aromatic heterocycles. The van der Waals surface area contributed by atoms with Gasteiger partial charge in [-0.2, -0.15) is 0 Å². The molecule has 0 unspecified atom stereocenters. The van der Waals surface area contributed by atoms with E-state index in [2.05, 4.69) is 25.7 Å². The van der Waals surface area contributed by atoms with Crippen molar-refractivity contribution in [2.24, 2.45) is 0 Å². The van der Waals surface area contributed by atoms with Crippen LogP contribution in [0.5, 0.6) is 0 Å². The molecule has 0 saturated heterocycles. The zero-order chi connectivity index (χ0) is 11.7. The largest absolute Gasteiger partial charge is 0.464 e. The number of benzene rings is 1. The van der Waals surface area contributed by atoms with Crippen LogP contribution in [0, 0.1) is 0 Å². The molecule has 0 atom stereocenters. The number of nitrogen functional groups attached to an aromatic ring is 1. The Kier molecular flexibility index (Phi) is 2.78. The summed E-state index contributed by atoms with van der Waals surface area (Å²) >= 11 is 3.38. The van der Waals surface area contributed by atoms with E-state index < -0.39 is 5.97 Å². The van der Waals surface area contributed by atoms with E-state index in [0.29, 0.717) is 11.1 Å². The fourth-order valence-electron chi connectivity index (χ4n) is 1.53. The van der Waals surface area contributed by atoms with E-state index in [9.17, 15) is 4.79 Å². The minimum Gasteiger partial charge on any atom is -0.464 e. The number of hydrogen-bond acceptors (Lipinski definition) is 4. The number of carbonyl (C=O) groups is 1. The predicted molar refractivity (Wildman–Crippen MR) is 65.2 cm³/mol. The van der Waals surface area contributed by atoms with E-state index in [-0.39, 0.29) is 5.69 Å². The Bertz CT molecular complexity index is 569. The number of nitrogens with zero attached hydrogens (tertiary/aromatic N) is 1. The van der Waals surface area contributed by atoms with E-state index >= 15 is 0 Å². The number of anilines is 1. The third-order valence-corrected chi connectivity index (χ3v) is 2.95. The summed E-state index contributed by atoms with van der Waals surface area (Å²) in [6.07, 6.45) is 1.54. The van der Waals surface area contributed by atoms with Crippen molar-refractivity contribution in [2.45, 2.75) is 0 Å². The van der Waals surface area contributed by atoms with Gasteiger partial charge < -0.3 is 10.5 Å². The van der Waals surface area contributed by atoms with Crippen molar-refractivity contribution in [1.82, 2.24) is 4.98 Å². The molecule has 0 radical (unpaired) electrons. The van der Waals surface area contributed by atoms with Crippen LogP contribution in [0.2, 0.25) is 0 Å². The maximum Gasteiger partial charge on any atom is 0.357 e. The molecule has 2 N–H and O–H groups in total. The van der Waals surface area contributed by atoms with Crippen LogP contribution >= 0.6 is 15.9 Å². The van der Waals surface area contributed by atoms with Crippen LogP contribution < -0.4 is 5.73 Å². The van der Waals surface area contributed by atoms with Gasteiger partial charge >= 0.3 is 5.97 Å². The van der Waals surface area contributed by atoms with E-state index in [4.69, 9.17) is 5.73 Å². The van der Waals surface area contributed by atoms with Crippen LogP contribution in [0.4, 0.5) is 5.69 Å². The van der Waals surface area contributed by atoms with Crippen molar-refractivity contribution in [3.8, 4) is 0 Å². The zero-order valence-corrected chi connectivity index (χ0v) is 10.1. The van der Waals surface area contributed by atoms with Crippen LogP contribution in [-0.4, -0.2) is 18.1 Å². The molecule has 1 aromatic carbocycles. The van der Waals surface area contributed by atoms with Gasteiger partial charge in [-0.3, -0.25) is 0 Å². The lowest BCUT2D eigenvalue weighted by molar-refractivity contribution is 0.0596. The summed E-state index contributed by atoms with van der Waals surface area (Å²) in [6, 6.07) is 5.32. The van der Waals surface area contributed by atoms with Gasteiger partial charge in [0.15, 0.2) is 5.69 Å². The first-order valence-electron chi connectivity index (χ1n) is 4.56. The summed E-state index contributed by atoms with van der Waals surface area (Å²) in [5.74, 6) is -0.475. The molecule has 1 heterocycles. The van der Waals surface area contributed by atoms with E-state index in [1.807, 2.05) is 0 Å². The quantitative estimate of drug-likeness (QED) is 0.643. The van der Waals surface area contributed by atoms with Crippen molar-refractivity contribution in [2.75, 3.05) is 12.8 Å². The molecular formula is C11H9BrN2O2. The minimum atomic E-state index is -0.475. The Morgan fingerprint density at radius 1 is 1.44 bits per heavy atom. The first-order chi connectivity index (χ1) is 7.65. The highest BCUT2D eigenvalue weighted by Gasteiger charge is 2.15. The molecule has 4 nitrogen and oxygen atoms in total. The predicted octanol–water partition coefficient (Wildman–Crippen LogP) is 2.37. The standard InChI is InChI=1S/C11H9BrN2O2/c1-16-11(15)10-9-6(4-5-14-10)8(13)3-2-7(9)12/h2-5H,13H2,1H3. The van der Waals surface area contributed by atoms with Gasteiger partial charge in [0, 0.05) is 27.1 Å². The van der Waals surface area contributed by atoms with E-state index in [1.165, 1.54) is 13.3 Å². The number of ether oxygens (including phenoxy) is 1. The summed E-state index contributed by atoms with van der Waals surface area (Å²) in [5.41, 5.74) is 6.70. The Labute approximate surface area is 101 Å². The Morgan fingerprint density at radius 2 is 2.19 bits per heavy atom. The Hall–Kier alpha value is -1.62. The summed E-state index contributed by atoms with van der Waals surface area (Å²) in [5, 5.41) is 1.46. The van der Waals surface area contributed by atoms with Gasteiger partial charge in [0.1, 0.15) is 0 Å². The Morgan fingerprint density at radius 3 is 2.88 bits per heavy atom. The SMILES string of the molecule is COC(=O)c1nccc2c(N)ccc(Br)c12. The maximum atomic E-state index is 11.5. The highest BCUT2D eigenvalue weighted by Crippen LogP contribution is 2.30. The molecule has 0 saturated carbocycles. The normalized spacial score (nSPS) is 10.4. The fourth-order valence-corrected chi connectivity index (χ4v) is 2.07. The van der Waals surface area contributed by atoms with Crippen LogP contribution in [0.3, 0.4) is 0 Å². The van der Waals surface area contributed by atoms with Crippen molar-refractivity contribution in [3.05, 3.63) is 34.6 Å². The first-order valence-corrected chi connectivity index (χ1v) is 5.35. The van der Waals surface area contributed by atoms with Gasteiger partial charge in [0.25, 0.3) is 0 Å². The molecule has 0 aliphatic carbocycles. The van der Waals surface area contributed by atoms with Crippen LogP contribution in [-0.2, 0) is 4.74 Å². The smallest absolute Gasteiger partial charge is 0.357 e. The lowest BCUT2D eigenvalue weighted by atomic mass is 10.1. The first kappa shape index (κ1) is 10.9. The van der Waals surface area contributed by atoms with Crippen molar-refractivity contribution >= 4 is 38.4 Å². The Balaban J connectivity index is 2.86. The maximum absolute atomic E-state index is 11.5. The van der Waals surface area contributed by atoms with Crippen LogP contribution in [0.15, 0.2) is 28.9 Å².